The van der Waals surface area contributed by atoms with Crippen LogP contribution in [0.15, 0.2) is 42.6 Å². The monoisotopic (exact) mass is 639 g/mol. The molecule has 0 saturated carbocycles. The number of hydrogen-bond donors (Lipinski definition) is 2. The zero-order chi connectivity index (χ0) is 27.7. The maximum Gasteiger partial charge on any atom is 0.419 e. The number of anilines is 3. The van der Waals surface area contributed by atoms with Crippen LogP contribution in [-0.2, 0) is 29.2 Å². The Hall–Kier alpha value is -2.96. The number of halogens is 4. The molecule has 0 amide bonds. The molecule has 0 saturated heterocycles. The molecule has 0 spiro atoms. The Labute approximate surface area is 233 Å². The molecule has 38 heavy (non-hydrogen) atoms. The first kappa shape index (κ1) is 28.1. The Morgan fingerprint density at radius 2 is 1.82 bits per heavy atom. The van der Waals surface area contributed by atoms with Gasteiger partial charge < -0.3 is 15.3 Å². The number of rotatable bonds is 7. The fourth-order valence-corrected chi connectivity index (χ4v) is 4.72. The van der Waals surface area contributed by atoms with Crippen LogP contribution in [0.1, 0.15) is 54.9 Å². The lowest BCUT2D eigenvalue weighted by Crippen LogP contribution is -2.29. The number of nitrogens with zero attached hydrogens (tertiary/aromatic N) is 4. The molecule has 1 atom stereocenters. The Balaban J connectivity index is 1.67. The highest BCUT2D eigenvalue weighted by Crippen LogP contribution is 2.36. The molecular formula is C27H29F3IN5O2. The van der Waals surface area contributed by atoms with Gasteiger partial charge >= 0.3 is 12.1 Å². The van der Waals surface area contributed by atoms with Gasteiger partial charge in [-0.3, -0.25) is 4.79 Å². The molecule has 2 N–H and O–H groups in total. The predicted octanol–water partition coefficient (Wildman–Crippen LogP) is 6.14. The van der Waals surface area contributed by atoms with Crippen LogP contribution in [0.4, 0.5) is 30.5 Å². The molecular weight excluding hydrogens is 610 g/mol. The number of aliphatic carboxylic acids is 1. The van der Waals surface area contributed by atoms with E-state index in [-0.39, 0.29) is 11.7 Å². The molecule has 1 aliphatic heterocycles. The summed E-state index contributed by atoms with van der Waals surface area (Å²) in [7, 11) is 0. The molecule has 11 heteroatoms. The zero-order valence-electron chi connectivity index (χ0n) is 21.3. The smallest absolute Gasteiger partial charge is 0.419 e. The minimum absolute atomic E-state index is 0.0761. The fourth-order valence-electron chi connectivity index (χ4n) is 4.32. The Morgan fingerprint density at radius 3 is 2.45 bits per heavy atom. The van der Waals surface area contributed by atoms with Gasteiger partial charge in [-0.25, -0.2) is 15.0 Å². The van der Waals surface area contributed by atoms with Crippen molar-refractivity contribution in [3.8, 4) is 0 Å². The van der Waals surface area contributed by atoms with Gasteiger partial charge in [-0.2, -0.15) is 13.2 Å². The average Bonchev–Trinajstić information content (AvgIpc) is 3.11. The first-order valence-electron chi connectivity index (χ1n) is 12.3. The lowest BCUT2D eigenvalue weighted by atomic mass is 9.85. The summed E-state index contributed by atoms with van der Waals surface area (Å²) in [5.41, 5.74) is 1.29. The van der Waals surface area contributed by atoms with Crippen molar-refractivity contribution in [3.63, 3.8) is 0 Å². The van der Waals surface area contributed by atoms with Crippen molar-refractivity contribution in [2.45, 2.75) is 51.1 Å². The second-order valence-corrected chi connectivity index (χ2v) is 10.8. The molecule has 0 fully saturated rings. The Bertz CT molecular complexity index is 1320. The number of carboxylic acids is 1. The maximum absolute atomic E-state index is 13.7. The van der Waals surface area contributed by atoms with Crippen LogP contribution in [0.25, 0.3) is 0 Å². The highest BCUT2D eigenvalue weighted by Gasteiger charge is 2.36. The van der Waals surface area contributed by atoms with Gasteiger partial charge in [0.1, 0.15) is 17.5 Å². The van der Waals surface area contributed by atoms with Gasteiger partial charge in [-0.05, 0) is 50.1 Å². The van der Waals surface area contributed by atoms with Gasteiger partial charge in [0, 0.05) is 47.3 Å². The van der Waals surface area contributed by atoms with Gasteiger partial charge in [0.2, 0.25) is 0 Å². The lowest BCUT2D eigenvalue weighted by molar-refractivity contribution is -0.142. The molecule has 7 nitrogen and oxygen atoms in total. The van der Waals surface area contributed by atoms with Crippen molar-refractivity contribution in [1.29, 1.82) is 0 Å². The van der Waals surface area contributed by atoms with Crippen LogP contribution in [0.5, 0.6) is 0 Å². The first-order valence-corrected chi connectivity index (χ1v) is 13.8. The maximum atomic E-state index is 13.7. The minimum Gasteiger partial charge on any atom is -0.481 e. The van der Waals surface area contributed by atoms with Crippen LogP contribution >= 0.6 is 22.6 Å². The van der Waals surface area contributed by atoms with Crippen molar-refractivity contribution < 1.29 is 23.1 Å². The number of carboxylic acid groups (broad SMARTS) is 1. The summed E-state index contributed by atoms with van der Waals surface area (Å²) in [6.45, 7) is 6.01. The molecule has 0 aliphatic carbocycles. The number of benzene rings is 1. The third-order valence-corrected chi connectivity index (χ3v) is 8.15. The fraction of sp³-hybridized carbons (Fsp3) is 0.407. The molecule has 2 aromatic heterocycles. The summed E-state index contributed by atoms with van der Waals surface area (Å²) in [4.78, 5) is 27.0. The number of carbonyl (C=O) groups is 1. The summed E-state index contributed by atoms with van der Waals surface area (Å²) in [6, 6.07) is 9.51. The zero-order valence-corrected chi connectivity index (χ0v) is 23.5. The average molecular weight is 639 g/mol. The molecule has 1 aromatic carbocycles. The summed E-state index contributed by atoms with van der Waals surface area (Å²) in [6.07, 6.45) is -2.23. The highest BCUT2D eigenvalue weighted by atomic mass is 127. The second kappa shape index (κ2) is 11.0. The van der Waals surface area contributed by atoms with Crippen molar-refractivity contribution in [2.75, 3.05) is 27.7 Å². The van der Waals surface area contributed by atoms with Gasteiger partial charge in [0.15, 0.2) is 0 Å². The van der Waals surface area contributed by atoms with Crippen molar-refractivity contribution in [2.24, 2.45) is 0 Å². The molecule has 202 valence electrons. The lowest BCUT2D eigenvalue weighted by Gasteiger charge is -2.24. The number of nitrogens with one attached hydrogen (secondary N) is 1. The number of fused-ring (bicyclic) bond motifs is 1. The van der Waals surface area contributed by atoms with Gasteiger partial charge in [0.25, 0.3) is 0 Å². The number of aromatic nitrogens is 3. The van der Waals surface area contributed by atoms with Crippen LogP contribution in [0.2, 0.25) is 0 Å². The van der Waals surface area contributed by atoms with Crippen LogP contribution in [-0.4, -0.2) is 43.5 Å². The standard InChI is InChI=1S/C27H29F3IN5O2/c1-16(15-31)22-34-21-11-14-36(24-20(27(28,29)30)5-4-12-32-24)13-10-19(21)23(35-22)33-18-8-6-17(7-9-18)26(2,3)25(37)38/h4-9,12,16H,10-11,13-15H2,1-3H3,(H,37,38)(H,33,34,35). The van der Waals surface area contributed by atoms with Crippen LogP contribution in [0, 0.1) is 0 Å². The molecule has 0 bridgehead atoms. The summed E-state index contributed by atoms with van der Waals surface area (Å²) >= 11 is 2.28. The van der Waals surface area contributed by atoms with E-state index in [1.165, 1.54) is 12.3 Å². The Kier molecular flexibility index (Phi) is 8.15. The molecule has 4 rings (SSSR count). The van der Waals surface area contributed by atoms with E-state index in [0.717, 1.165) is 27.4 Å². The summed E-state index contributed by atoms with van der Waals surface area (Å²) in [5.74, 6) is 0.389. The van der Waals surface area contributed by atoms with Crippen molar-refractivity contribution in [1.82, 2.24) is 15.0 Å². The third kappa shape index (κ3) is 5.87. The van der Waals surface area contributed by atoms with Gasteiger partial charge in [-0.15, -0.1) is 0 Å². The number of pyridine rings is 1. The first-order chi connectivity index (χ1) is 17.9. The van der Waals surface area contributed by atoms with E-state index >= 15 is 0 Å². The van der Waals surface area contributed by atoms with Gasteiger partial charge in [-0.1, -0.05) is 41.6 Å². The van der Waals surface area contributed by atoms with Crippen LogP contribution < -0.4 is 10.2 Å². The molecule has 0 radical (unpaired) electrons. The van der Waals surface area contributed by atoms with E-state index < -0.39 is 23.1 Å². The molecule has 1 unspecified atom stereocenters. The topological polar surface area (TPSA) is 91.2 Å². The highest BCUT2D eigenvalue weighted by molar-refractivity contribution is 14.1. The van der Waals surface area contributed by atoms with E-state index in [1.54, 1.807) is 30.9 Å². The molecule has 1 aliphatic rings. The van der Waals surface area contributed by atoms with Crippen molar-refractivity contribution in [3.05, 3.63) is 70.8 Å². The Morgan fingerprint density at radius 1 is 1.13 bits per heavy atom. The quantitative estimate of drug-likeness (QED) is 0.237. The summed E-state index contributed by atoms with van der Waals surface area (Å²) in [5, 5.41) is 12.9. The minimum atomic E-state index is -4.50. The molecule has 3 aromatic rings. The van der Waals surface area contributed by atoms with Crippen molar-refractivity contribution >= 4 is 45.9 Å². The number of hydrogen-bond acceptors (Lipinski definition) is 6. The van der Waals surface area contributed by atoms with E-state index in [0.29, 0.717) is 43.1 Å². The second-order valence-electron chi connectivity index (χ2n) is 9.90. The SMILES string of the molecule is CC(CI)c1nc2c(c(Nc3ccc(C(C)(C)C(=O)O)cc3)n1)CCN(c1ncccc1C(F)(F)F)CC2. The van der Waals surface area contributed by atoms with Crippen LogP contribution in [0.3, 0.4) is 0 Å². The summed E-state index contributed by atoms with van der Waals surface area (Å²) < 4.78 is 41.8. The molecule has 3 heterocycles. The third-order valence-electron chi connectivity index (χ3n) is 6.83. The van der Waals surface area contributed by atoms with Gasteiger partial charge in [0.05, 0.1) is 16.7 Å². The predicted molar refractivity (Wildman–Crippen MR) is 149 cm³/mol. The normalized spacial score (nSPS) is 15.0. The van der Waals surface area contributed by atoms with E-state index in [4.69, 9.17) is 9.97 Å². The van der Waals surface area contributed by atoms with E-state index in [1.807, 2.05) is 19.1 Å². The van der Waals surface area contributed by atoms with E-state index in [2.05, 4.69) is 32.9 Å². The van der Waals surface area contributed by atoms with E-state index in [9.17, 15) is 23.1 Å². The number of alkyl halides is 4. The largest absolute Gasteiger partial charge is 0.481 e.